The fraction of sp³-hybridized carbons (Fsp3) is 0.889. The quantitative estimate of drug-likeness (QED) is 0.700. The van der Waals surface area contributed by atoms with Crippen LogP contribution in [0.25, 0.3) is 0 Å². The topological polar surface area (TPSA) is 55.8 Å². The van der Waals surface area contributed by atoms with Gasteiger partial charge in [-0.2, -0.15) is 0 Å². The highest BCUT2D eigenvalue weighted by Gasteiger charge is 2.49. The van der Waals surface area contributed by atoms with E-state index in [0.29, 0.717) is 6.42 Å². The van der Waals surface area contributed by atoms with Crippen LogP contribution in [-0.2, 0) is 14.3 Å². The van der Waals surface area contributed by atoms with E-state index >= 15 is 0 Å². The van der Waals surface area contributed by atoms with Crippen LogP contribution in [0.4, 0.5) is 0 Å². The number of carbonyl (C=O) groups is 1. The van der Waals surface area contributed by atoms with Gasteiger partial charge in [-0.3, -0.25) is 4.79 Å². The van der Waals surface area contributed by atoms with Crippen molar-refractivity contribution in [2.75, 3.05) is 13.2 Å². The molecule has 1 rings (SSSR count). The van der Waals surface area contributed by atoms with E-state index in [9.17, 15) is 4.79 Å². The molecule has 0 aromatic rings. The Morgan fingerprint density at radius 2 is 2.15 bits per heavy atom. The Balaban J connectivity index is 2.80. The number of ether oxygens (including phenoxy) is 2. The zero-order valence-electron chi connectivity index (χ0n) is 8.29. The average Bonchev–Trinajstić information content (AvgIpc) is 2.41. The van der Waals surface area contributed by atoms with Crippen LogP contribution in [0.15, 0.2) is 0 Å². The molecular formula is C9H16O4. The molecular weight excluding hydrogens is 172 g/mol. The maximum absolute atomic E-state index is 11.5. The molecule has 0 aromatic carbocycles. The third-order valence-electron chi connectivity index (χ3n) is 2.18. The number of hydrogen-bond donors (Lipinski definition) is 1. The van der Waals surface area contributed by atoms with Crippen molar-refractivity contribution in [2.24, 2.45) is 0 Å². The minimum absolute atomic E-state index is 0.111. The molecule has 0 radical (unpaired) electrons. The number of hydrogen-bond acceptors (Lipinski definition) is 4. The first kappa shape index (κ1) is 10.6. The summed E-state index contributed by atoms with van der Waals surface area (Å²) in [5, 5.41) is 9.12. The molecule has 1 atom stereocenters. The van der Waals surface area contributed by atoms with Crippen molar-refractivity contribution in [3.63, 3.8) is 0 Å². The van der Waals surface area contributed by atoms with Gasteiger partial charge in [0.2, 0.25) is 0 Å². The molecule has 0 aliphatic carbocycles. The molecule has 0 aromatic heterocycles. The van der Waals surface area contributed by atoms with E-state index in [-0.39, 0.29) is 19.0 Å². The maximum atomic E-state index is 11.5. The lowest BCUT2D eigenvalue weighted by Gasteiger charge is -2.25. The summed E-state index contributed by atoms with van der Waals surface area (Å²) in [6.45, 7) is 5.03. The number of aliphatic hydroxyl groups is 1. The lowest BCUT2D eigenvalue weighted by Crippen LogP contribution is -2.45. The number of ketones is 1. The van der Waals surface area contributed by atoms with Crippen LogP contribution in [0.1, 0.15) is 27.2 Å². The normalized spacial score (nSPS) is 32.0. The summed E-state index contributed by atoms with van der Waals surface area (Å²) in [4.78, 5) is 11.5. The second kappa shape index (κ2) is 3.36. The van der Waals surface area contributed by atoms with Crippen LogP contribution >= 0.6 is 0 Å². The van der Waals surface area contributed by atoms with E-state index in [4.69, 9.17) is 14.6 Å². The molecule has 0 bridgehead atoms. The highest BCUT2D eigenvalue weighted by atomic mass is 16.8. The Morgan fingerprint density at radius 3 is 2.46 bits per heavy atom. The smallest absolute Gasteiger partial charge is 0.175 e. The Labute approximate surface area is 77.8 Å². The Morgan fingerprint density at radius 1 is 1.54 bits per heavy atom. The van der Waals surface area contributed by atoms with Crippen LogP contribution in [0.5, 0.6) is 0 Å². The number of rotatable bonds is 3. The molecule has 1 saturated heterocycles. The van der Waals surface area contributed by atoms with Crippen molar-refractivity contribution in [1.82, 2.24) is 0 Å². The van der Waals surface area contributed by atoms with Gasteiger partial charge in [-0.05, 0) is 13.8 Å². The molecule has 0 amide bonds. The zero-order chi connectivity index (χ0) is 10.1. The van der Waals surface area contributed by atoms with E-state index in [1.54, 1.807) is 20.8 Å². The third-order valence-corrected chi connectivity index (χ3v) is 2.18. The van der Waals surface area contributed by atoms with Crippen molar-refractivity contribution in [3.8, 4) is 0 Å². The standard InChI is InChI=1S/C9H16O4/c1-4-7(11)9(5-10)6-12-8(2,3)13-9/h10H,4-6H2,1-3H3. The van der Waals surface area contributed by atoms with E-state index < -0.39 is 11.4 Å². The highest BCUT2D eigenvalue weighted by Crippen LogP contribution is 2.31. The molecule has 1 unspecified atom stereocenters. The molecule has 4 heteroatoms. The summed E-state index contributed by atoms with van der Waals surface area (Å²) < 4.78 is 10.7. The molecule has 0 spiro atoms. The predicted molar refractivity (Wildman–Crippen MR) is 46.2 cm³/mol. The molecule has 1 heterocycles. The molecule has 76 valence electrons. The lowest BCUT2D eigenvalue weighted by molar-refractivity contribution is -0.178. The van der Waals surface area contributed by atoms with Gasteiger partial charge in [-0.15, -0.1) is 0 Å². The third kappa shape index (κ3) is 1.90. The van der Waals surface area contributed by atoms with Crippen molar-refractivity contribution in [1.29, 1.82) is 0 Å². The van der Waals surface area contributed by atoms with Gasteiger partial charge in [0.25, 0.3) is 0 Å². The molecule has 1 N–H and O–H groups in total. The van der Waals surface area contributed by atoms with E-state index in [0.717, 1.165) is 0 Å². The molecule has 1 aliphatic heterocycles. The highest BCUT2D eigenvalue weighted by molar-refractivity contribution is 5.87. The van der Waals surface area contributed by atoms with E-state index in [2.05, 4.69) is 0 Å². The summed E-state index contributed by atoms with van der Waals surface area (Å²) in [5.41, 5.74) is -1.13. The first-order valence-electron chi connectivity index (χ1n) is 4.44. The van der Waals surface area contributed by atoms with Crippen molar-refractivity contribution >= 4 is 5.78 Å². The van der Waals surface area contributed by atoms with Gasteiger partial charge in [0.15, 0.2) is 17.2 Å². The van der Waals surface area contributed by atoms with E-state index in [1.807, 2.05) is 0 Å². The molecule has 1 fully saturated rings. The minimum atomic E-state index is -1.13. The summed E-state index contributed by atoms with van der Waals surface area (Å²) in [5.74, 6) is -0.881. The number of aliphatic hydroxyl groups excluding tert-OH is 1. The number of Topliss-reactive ketones (excluding diaryl/α,β-unsaturated/α-hetero) is 1. The summed E-state index contributed by atoms with van der Waals surface area (Å²) in [6, 6.07) is 0. The van der Waals surface area contributed by atoms with Gasteiger partial charge in [0.1, 0.15) is 0 Å². The van der Waals surface area contributed by atoms with Gasteiger partial charge < -0.3 is 14.6 Å². The van der Waals surface area contributed by atoms with Crippen LogP contribution < -0.4 is 0 Å². The Hall–Kier alpha value is -0.450. The average molecular weight is 188 g/mol. The maximum Gasteiger partial charge on any atom is 0.175 e. The summed E-state index contributed by atoms with van der Waals surface area (Å²) >= 11 is 0. The first-order valence-corrected chi connectivity index (χ1v) is 4.44. The second-order valence-electron chi connectivity index (χ2n) is 3.72. The summed E-state index contributed by atoms with van der Waals surface area (Å²) in [7, 11) is 0. The lowest BCUT2D eigenvalue weighted by atomic mass is 9.99. The Kier molecular flexibility index (Phi) is 2.75. The number of carbonyl (C=O) groups excluding carboxylic acids is 1. The van der Waals surface area contributed by atoms with Gasteiger partial charge in [0.05, 0.1) is 13.2 Å². The van der Waals surface area contributed by atoms with Gasteiger partial charge >= 0.3 is 0 Å². The molecule has 13 heavy (non-hydrogen) atoms. The molecule has 1 aliphatic rings. The van der Waals surface area contributed by atoms with E-state index in [1.165, 1.54) is 0 Å². The largest absolute Gasteiger partial charge is 0.393 e. The Bertz CT molecular complexity index is 212. The minimum Gasteiger partial charge on any atom is -0.393 e. The van der Waals surface area contributed by atoms with Crippen LogP contribution in [-0.4, -0.2) is 35.5 Å². The van der Waals surface area contributed by atoms with Gasteiger partial charge in [-0.1, -0.05) is 6.92 Å². The second-order valence-corrected chi connectivity index (χ2v) is 3.72. The fourth-order valence-electron chi connectivity index (χ4n) is 1.45. The SMILES string of the molecule is CCC(=O)C1(CO)COC(C)(C)O1. The fourth-order valence-corrected chi connectivity index (χ4v) is 1.45. The van der Waals surface area contributed by atoms with Crippen molar-refractivity contribution in [3.05, 3.63) is 0 Å². The van der Waals surface area contributed by atoms with Gasteiger partial charge in [-0.25, -0.2) is 0 Å². The van der Waals surface area contributed by atoms with Gasteiger partial charge in [0, 0.05) is 6.42 Å². The molecule has 0 saturated carbocycles. The zero-order valence-corrected chi connectivity index (χ0v) is 8.29. The van der Waals surface area contributed by atoms with Crippen molar-refractivity contribution < 1.29 is 19.4 Å². The van der Waals surface area contributed by atoms with Crippen LogP contribution in [0.3, 0.4) is 0 Å². The van der Waals surface area contributed by atoms with Crippen molar-refractivity contribution in [2.45, 2.75) is 38.6 Å². The summed E-state index contributed by atoms with van der Waals surface area (Å²) in [6.07, 6.45) is 0.347. The first-order chi connectivity index (χ1) is 5.96. The predicted octanol–water partition coefficient (Wildman–Crippen LogP) is 0.479. The van der Waals surface area contributed by atoms with Crippen LogP contribution in [0, 0.1) is 0 Å². The van der Waals surface area contributed by atoms with Crippen LogP contribution in [0.2, 0.25) is 0 Å². The monoisotopic (exact) mass is 188 g/mol. The molecule has 4 nitrogen and oxygen atoms in total.